The average Bonchev–Trinajstić information content (AvgIpc) is 3.44. The van der Waals surface area contributed by atoms with Crippen molar-refractivity contribution in [2.24, 2.45) is 7.05 Å². The lowest BCUT2D eigenvalue weighted by Crippen LogP contribution is -2.43. The third-order valence-electron chi connectivity index (χ3n) is 5.67. The second-order valence-electron chi connectivity index (χ2n) is 7.43. The van der Waals surface area contributed by atoms with Gasteiger partial charge in [-0.2, -0.15) is 0 Å². The Hall–Kier alpha value is -2.53. The Bertz CT molecular complexity index is 939. The van der Waals surface area contributed by atoms with Crippen molar-refractivity contribution in [3.8, 4) is 11.5 Å². The minimum absolute atomic E-state index is 0.104. The predicted octanol–water partition coefficient (Wildman–Crippen LogP) is 4.50. The first-order chi connectivity index (χ1) is 13.6. The molecule has 0 atom stereocenters. The molecule has 3 aromatic rings. The molecular weight excluding hydrogens is 374 g/mol. The molecule has 1 fully saturated rings. The highest BCUT2D eigenvalue weighted by atomic mass is 35.5. The molecule has 2 heterocycles. The van der Waals surface area contributed by atoms with Gasteiger partial charge in [-0.3, -0.25) is 4.79 Å². The molecule has 1 N–H and O–H groups in total. The van der Waals surface area contributed by atoms with Crippen molar-refractivity contribution in [3.05, 3.63) is 65.3 Å². The number of aromatic nitrogens is 2. The Morgan fingerprint density at radius 2 is 2.00 bits per heavy atom. The fourth-order valence-corrected chi connectivity index (χ4v) is 4.26. The van der Waals surface area contributed by atoms with E-state index >= 15 is 0 Å². The third kappa shape index (κ3) is 3.59. The summed E-state index contributed by atoms with van der Waals surface area (Å²) in [7, 11) is 1.96. The zero-order chi connectivity index (χ0) is 19.6. The number of carbonyl (C=O) groups excluding carboxylic acids is 1. The maximum Gasteiger partial charge on any atom is 0.230 e. The average molecular weight is 398 g/mol. The fourth-order valence-electron chi connectivity index (χ4n) is 4.13. The van der Waals surface area contributed by atoms with E-state index in [1.54, 1.807) is 6.26 Å². The van der Waals surface area contributed by atoms with Crippen molar-refractivity contribution in [2.45, 2.75) is 37.5 Å². The molecule has 1 aliphatic rings. The van der Waals surface area contributed by atoms with E-state index in [2.05, 4.69) is 10.3 Å². The monoisotopic (exact) mass is 397 g/mol. The number of aryl methyl sites for hydroxylation is 1. The van der Waals surface area contributed by atoms with Gasteiger partial charge in [0.25, 0.3) is 0 Å². The van der Waals surface area contributed by atoms with Crippen LogP contribution in [0.5, 0.6) is 0 Å². The number of furan rings is 1. The highest BCUT2D eigenvalue weighted by molar-refractivity contribution is 6.30. The van der Waals surface area contributed by atoms with Crippen molar-refractivity contribution in [1.82, 2.24) is 14.9 Å². The first-order valence-electron chi connectivity index (χ1n) is 9.69. The lowest BCUT2D eigenvalue weighted by atomic mass is 9.78. The molecule has 4 rings (SSSR count). The number of hydrogen-bond donors (Lipinski definition) is 1. The molecule has 146 valence electrons. The second kappa shape index (κ2) is 7.84. The van der Waals surface area contributed by atoms with Crippen LogP contribution < -0.4 is 5.32 Å². The number of benzene rings is 1. The lowest BCUT2D eigenvalue weighted by Gasteiger charge is -2.28. The van der Waals surface area contributed by atoms with Gasteiger partial charge in [0.15, 0.2) is 5.76 Å². The van der Waals surface area contributed by atoms with E-state index in [4.69, 9.17) is 16.0 Å². The van der Waals surface area contributed by atoms with Gasteiger partial charge in [0, 0.05) is 31.2 Å². The highest BCUT2D eigenvalue weighted by Crippen LogP contribution is 2.41. The summed E-state index contributed by atoms with van der Waals surface area (Å²) in [6.07, 6.45) is 8.16. The van der Waals surface area contributed by atoms with Crippen molar-refractivity contribution in [1.29, 1.82) is 0 Å². The van der Waals surface area contributed by atoms with Crippen LogP contribution in [0.3, 0.4) is 0 Å². The van der Waals surface area contributed by atoms with E-state index in [-0.39, 0.29) is 5.91 Å². The number of nitrogens with zero attached hydrogens (tertiary/aromatic N) is 2. The molecule has 0 spiro atoms. The van der Waals surface area contributed by atoms with E-state index in [0.29, 0.717) is 18.0 Å². The number of hydrogen-bond acceptors (Lipinski definition) is 3. The van der Waals surface area contributed by atoms with Crippen LogP contribution in [0.4, 0.5) is 0 Å². The minimum atomic E-state index is -0.439. The van der Waals surface area contributed by atoms with Crippen LogP contribution in [0.15, 0.2) is 53.3 Å². The van der Waals surface area contributed by atoms with Gasteiger partial charge >= 0.3 is 0 Å². The smallest absolute Gasteiger partial charge is 0.230 e. The molecule has 0 radical (unpaired) electrons. The van der Waals surface area contributed by atoms with Gasteiger partial charge in [0.1, 0.15) is 11.5 Å². The molecule has 6 heteroatoms. The maximum atomic E-state index is 13.1. The molecule has 0 saturated heterocycles. The zero-order valence-corrected chi connectivity index (χ0v) is 16.7. The van der Waals surface area contributed by atoms with Gasteiger partial charge in [-0.25, -0.2) is 4.98 Å². The van der Waals surface area contributed by atoms with Crippen LogP contribution in [0.1, 0.15) is 37.1 Å². The lowest BCUT2D eigenvalue weighted by molar-refractivity contribution is -0.126. The number of amides is 1. The third-order valence-corrected chi connectivity index (χ3v) is 5.92. The number of halogens is 1. The molecular formula is C22H24ClN3O2. The molecule has 1 aliphatic carbocycles. The number of imidazole rings is 1. The number of rotatable bonds is 6. The summed E-state index contributed by atoms with van der Waals surface area (Å²) in [5, 5.41) is 3.84. The molecule has 1 aromatic carbocycles. The molecule has 1 saturated carbocycles. The molecule has 1 amide bonds. The zero-order valence-electron chi connectivity index (χ0n) is 16.0. The summed E-state index contributed by atoms with van der Waals surface area (Å²) >= 11 is 6.03. The van der Waals surface area contributed by atoms with E-state index in [0.717, 1.165) is 48.5 Å². The van der Waals surface area contributed by atoms with Crippen molar-refractivity contribution < 1.29 is 9.21 Å². The summed E-state index contributed by atoms with van der Waals surface area (Å²) in [5.41, 5.74) is 1.43. The summed E-state index contributed by atoms with van der Waals surface area (Å²) in [6, 6.07) is 11.5. The molecule has 2 aromatic heterocycles. The van der Waals surface area contributed by atoms with Gasteiger partial charge in [-0.1, -0.05) is 36.6 Å². The van der Waals surface area contributed by atoms with E-state index < -0.39 is 5.41 Å². The minimum Gasteiger partial charge on any atom is -0.463 e. The first kappa shape index (κ1) is 18.8. The highest BCUT2D eigenvalue weighted by Gasteiger charge is 2.42. The van der Waals surface area contributed by atoms with Gasteiger partial charge < -0.3 is 14.3 Å². The van der Waals surface area contributed by atoms with Crippen LogP contribution in [-0.2, 0) is 23.7 Å². The van der Waals surface area contributed by atoms with Crippen molar-refractivity contribution in [2.75, 3.05) is 6.54 Å². The molecule has 0 aliphatic heterocycles. The normalized spacial score (nSPS) is 15.6. The second-order valence-corrected chi connectivity index (χ2v) is 7.87. The molecule has 5 nitrogen and oxygen atoms in total. The number of carbonyl (C=O) groups is 1. The van der Waals surface area contributed by atoms with Crippen molar-refractivity contribution in [3.63, 3.8) is 0 Å². The Balaban J connectivity index is 1.43. The van der Waals surface area contributed by atoms with Crippen LogP contribution in [0, 0.1) is 0 Å². The molecule has 0 unspecified atom stereocenters. The Labute approximate surface area is 169 Å². The topological polar surface area (TPSA) is 60.1 Å². The van der Waals surface area contributed by atoms with E-state index in [9.17, 15) is 4.79 Å². The summed E-state index contributed by atoms with van der Waals surface area (Å²) < 4.78 is 7.39. The predicted molar refractivity (Wildman–Crippen MR) is 109 cm³/mol. The van der Waals surface area contributed by atoms with Crippen LogP contribution in [0.25, 0.3) is 11.5 Å². The fraction of sp³-hybridized carbons (Fsp3) is 0.364. The van der Waals surface area contributed by atoms with Gasteiger partial charge in [0.05, 0.1) is 11.7 Å². The van der Waals surface area contributed by atoms with Gasteiger partial charge in [-0.15, -0.1) is 0 Å². The number of nitrogens with one attached hydrogen (secondary N) is 1. The first-order valence-corrected chi connectivity index (χ1v) is 10.1. The molecule has 28 heavy (non-hydrogen) atoms. The Kier molecular flexibility index (Phi) is 5.27. The van der Waals surface area contributed by atoms with Crippen LogP contribution in [0.2, 0.25) is 5.02 Å². The van der Waals surface area contributed by atoms with Gasteiger partial charge in [-0.05, 0) is 42.7 Å². The van der Waals surface area contributed by atoms with E-state index in [1.165, 1.54) is 0 Å². The SMILES string of the molecule is Cn1cc(-c2ccco2)nc1CCNC(=O)C1(c2ccc(Cl)cc2)CCCC1. The van der Waals surface area contributed by atoms with Crippen LogP contribution in [-0.4, -0.2) is 22.0 Å². The summed E-state index contributed by atoms with van der Waals surface area (Å²) in [6.45, 7) is 0.552. The quantitative estimate of drug-likeness (QED) is 0.666. The Morgan fingerprint density at radius 3 is 2.68 bits per heavy atom. The molecule has 0 bridgehead atoms. The largest absolute Gasteiger partial charge is 0.463 e. The standard InChI is InChI=1S/C22H24ClN3O2/c1-26-15-18(19-5-4-14-28-19)25-20(26)10-13-24-21(27)22(11-2-3-12-22)16-6-8-17(23)9-7-16/h4-9,14-15H,2-3,10-13H2,1H3,(H,24,27). The van der Waals surface area contributed by atoms with E-state index in [1.807, 2.05) is 54.2 Å². The van der Waals surface area contributed by atoms with Gasteiger partial charge in [0.2, 0.25) is 5.91 Å². The van der Waals surface area contributed by atoms with Crippen molar-refractivity contribution >= 4 is 17.5 Å². The van der Waals surface area contributed by atoms with Crippen LogP contribution >= 0.6 is 11.6 Å². The Morgan fingerprint density at radius 1 is 1.25 bits per heavy atom. The summed E-state index contributed by atoms with van der Waals surface area (Å²) in [5.74, 6) is 1.77. The summed E-state index contributed by atoms with van der Waals surface area (Å²) in [4.78, 5) is 17.8. The maximum absolute atomic E-state index is 13.1.